The number of hydrogen-bond acceptors (Lipinski definition) is 4. The lowest BCUT2D eigenvalue weighted by molar-refractivity contribution is 0.0599. The molecule has 1 aromatic heterocycles. The van der Waals surface area contributed by atoms with E-state index in [9.17, 15) is 4.79 Å². The molecule has 0 amide bonds. The molecule has 1 aromatic carbocycles. The van der Waals surface area contributed by atoms with Crippen LogP contribution in [0.2, 0.25) is 0 Å². The minimum Gasteiger partial charge on any atom is -0.465 e. The van der Waals surface area contributed by atoms with Crippen LogP contribution in [0, 0.1) is 17.2 Å². The molecule has 0 spiro atoms. The van der Waals surface area contributed by atoms with E-state index in [4.69, 9.17) is 10.00 Å². The number of carbonyl (C=O) groups excluding carboxylic acids is 1. The third-order valence-corrected chi connectivity index (χ3v) is 3.30. The van der Waals surface area contributed by atoms with Crippen LogP contribution in [-0.4, -0.2) is 22.9 Å². The van der Waals surface area contributed by atoms with Gasteiger partial charge in [-0.25, -0.2) is 4.79 Å². The van der Waals surface area contributed by atoms with Gasteiger partial charge in [0.25, 0.3) is 0 Å². The zero-order chi connectivity index (χ0) is 16.1. The van der Waals surface area contributed by atoms with Crippen LogP contribution in [0.4, 0.5) is 0 Å². The molecule has 5 nitrogen and oxygen atoms in total. The van der Waals surface area contributed by atoms with Gasteiger partial charge in [-0.1, -0.05) is 19.9 Å². The van der Waals surface area contributed by atoms with E-state index in [1.54, 1.807) is 12.3 Å². The largest absolute Gasteiger partial charge is 0.465 e. The van der Waals surface area contributed by atoms with Gasteiger partial charge in [-0.2, -0.15) is 10.4 Å². The van der Waals surface area contributed by atoms with Gasteiger partial charge in [0.15, 0.2) is 0 Å². The Morgan fingerprint density at radius 1 is 1.41 bits per heavy atom. The summed E-state index contributed by atoms with van der Waals surface area (Å²) in [5, 5.41) is 13.3. The fourth-order valence-electron chi connectivity index (χ4n) is 2.30. The van der Waals surface area contributed by atoms with E-state index in [0.717, 1.165) is 17.7 Å². The number of nitriles is 1. The summed E-state index contributed by atoms with van der Waals surface area (Å²) < 4.78 is 6.65. The standard InChI is InChI=1S/C17H19N3O2/c1-12(2)10-20-11-15(9-19-20)13-4-5-16(17(21)22-3)14(8-13)6-7-18/h4-5,8-9,11-12H,6,10H2,1-3H3. The van der Waals surface area contributed by atoms with Crippen LogP contribution in [0.1, 0.15) is 29.8 Å². The summed E-state index contributed by atoms with van der Waals surface area (Å²) in [6, 6.07) is 7.49. The summed E-state index contributed by atoms with van der Waals surface area (Å²) in [6.45, 7) is 5.13. The fraction of sp³-hybridized carbons (Fsp3) is 0.353. The lowest BCUT2D eigenvalue weighted by Crippen LogP contribution is -2.05. The van der Waals surface area contributed by atoms with Crippen molar-refractivity contribution in [3.8, 4) is 17.2 Å². The lowest BCUT2D eigenvalue weighted by Gasteiger charge is -2.07. The Bertz CT molecular complexity index is 711. The summed E-state index contributed by atoms with van der Waals surface area (Å²) in [5.41, 5.74) is 3.01. The zero-order valence-electron chi connectivity index (χ0n) is 13.0. The van der Waals surface area contributed by atoms with E-state index in [0.29, 0.717) is 17.0 Å². The highest BCUT2D eigenvalue weighted by atomic mass is 16.5. The Labute approximate surface area is 130 Å². The van der Waals surface area contributed by atoms with E-state index < -0.39 is 5.97 Å². The smallest absolute Gasteiger partial charge is 0.338 e. The molecule has 5 heteroatoms. The molecule has 22 heavy (non-hydrogen) atoms. The van der Waals surface area contributed by atoms with Gasteiger partial charge in [-0.3, -0.25) is 4.68 Å². The molecule has 0 saturated carbocycles. The van der Waals surface area contributed by atoms with Gasteiger partial charge < -0.3 is 4.74 Å². The van der Waals surface area contributed by atoms with Crippen LogP contribution >= 0.6 is 0 Å². The number of methoxy groups -OCH3 is 1. The molecule has 0 bridgehead atoms. The molecule has 1 heterocycles. The molecular weight excluding hydrogens is 278 g/mol. The third-order valence-electron chi connectivity index (χ3n) is 3.30. The highest BCUT2D eigenvalue weighted by Gasteiger charge is 2.13. The first-order valence-corrected chi connectivity index (χ1v) is 7.16. The molecule has 0 aliphatic carbocycles. The maximum atomic E-state index is 11.7. The molecule has 0 N–H and O–H groups in total. The number of esters is 1. The SMILES string of the molecule is COC(=O)c1ccc(-c2cnn(CC(C)C)c2)cc1CC#N. The molecule has 0 aliphatic heterocycles. The molecule has 2 rings (SSSR count). The molecule has 0 atom stereocenters. The Morgan fingerprint density at radius 2 is 2.18 bits per heavy atom. The van der Waals surface area contributed by atoms with Crippen LogP contribution in [0.3, 0.4) is 0 Å². The number of benzene rings is 1. The predicted molar refractivity (Wildman–Crippen MR) is 83.2 cm³/mol. The summed E-state index contributed by atoms with van der Waals surface area (Å²) in [4.78, 5) is 11.7. The second-order valence-electron chi connectivity index (χ2n) is 5.54. The van der Waals surface area contributed by atoms with Crippen molar-refractivity contribution in [3.05, 3.63) is 41.7 Å². The minimum atomic E-state index is -0.424. The first kappa shape index (κ1) is 15.8. The predicted octanol–water partition coefficient (Wildman–Crippen LogP) is 3.06. The fourth-order valence-corrected chi connectivity index (χ4v) is 2.30. The number of nitrogens with zero attached hydrogens (tertiary/aromatic N) is 3. The maximum absolute atomic E-state index is 11.7. The summed E-state index contributed by atoms with van der Waals surface area (Å²) in [7, 11) is 1.34. The zero-order valence-corrected chi connectivity index (χ0v) is 13.0. The number of aromatic nitrogens is 2. The minimum absolute atomic E-state index is 0.165. The second kappa shape index (κ2) is 6.90. The molecule has 0 radical (unpaired) electrons. The van der Waals surface area contributed by atoms with Crippen LogP contribution in [0.15, 0.2) is 30.6 Å². The second-order valence-corrected chi connectivity index (χ2v) is 5.54. The normalized spacial score (nSPS) is 10.5. The molecule has 0 saturated heterocycles. The van der Waals surface area contributed by atoms with Crippen LogP contribution in [0.5, 0.6) is 0 Å². The maximum Gasteiger partial charge on any atom is 0.338 e. The molecule has 0 unspecified atom stereocenters. The average molecular weight is 297 g/mol. The summed E-state index contributed by atoms with van der Waals surface area (Å²) in [6.07, 6.45) is 3.94. The Balaban J connectivity index is 2.36. The molecule has 114 valence electrons. The average Bonchev–Trinajstić information content (AvgIpc) is 2.94. The Hall–Kier alpha value is -2.61. The van der Waals surface area contributed by atoms with Crippen molar-refractivity contribution in [1.82, 2.24) is 9.78 Å². The third kappa shape index (κ3) is 3.53. The van der Waals surface area contributed by atoms with Gasteiger partial charge in [0, 0.05) is 18.3 Å². The van der Waals surface area contributed by atoms with Crippen molar-refractivity contribution < 1.29 is 9.53 Å². The summed E-state index contributed by atoms with van der Waals surface area (Å²) >= 11 is 0. The van der Waals surface area contributed by atoms with Gasteiger partial charge >= 0.3 is 5.97 Å². The van der Waals surface area contributed by atoms with Crippen molar-refractivity contribution in [2.75, 3.05) is 7.11 Å². The van der Waals surface area contributed by atoms with Crippen molar-refractivity contribution in [3.63, 3.8) is 0 Å². The number of carbonyl (C=O) groups is 1. The van der Waals surface area contributed by atoms with E-state index >= 15 is 0 Å². The van der Waals surface area contributed by atoms with E-state index in [-0.39, 0.29) is 6.42 Å². The van der Waals surface area contributed by atoms with Crippen molar-refractivity contribution in [2.45, 2.75) is 26.8 Å². The van der Waals surface area contributed by atoms with Crippen molar-refractivity contribution in [2.24, 2.45) is 5.92 Å². The van der Waals surface area contributed by atoms with E-state index in [1.807, 2.05) is 23.0 Å². The lowest BCUT2D eigenvalue weighted by atomic mass is 9.99. The number of hydrogen-bond donors (Lipinski definition) is 0. The van der Waals surface area contributed by atoms with Gasteiger partial charge in [0.2, 0.25) is 0 Å². The first-order chi connectivity index (χ1) is 10.5. The van der Waals surface area contributed by atoms with Crippen LogP contribution in [-0.2, 0) is 17.7 Å². The van der Waals surface area contributed by atoms with Crippen molar-refractivity contribution in [1.29, 1.82) is 5.26 Å². The van der Waals surface area contributed by atoms with E-state index in [2.05, 4.69) is 25.0 Å². The van der Waals surface area contributed by atoms with Crippen LogP contribution in [0.25, 0.3) is 11.1 Å². The molecule has 2 aromatic rings. The van der Waals surface area contributed by atoms with Gasteiger partial charge in [-0.05, 0) is 29.2 Å². The number of rotatable bonds is 5. The van der Waals surface area contributed by atoms with Crippen LogP contribution < -0.4 is 0 Å². The monoisotopic (exact) mass is 297 g/mol. The topological polar surface area (TPSA) is 67.9 Å². The quantitative estimate of drug-likeness (QED) is 0.795. The number of ether oxygens (including phenoxy) is 1. The summed E-state index contributed by atoms with van der Waals surface area (Å²) in [5.74, 6) is 0.0934. The van der Waals surface area contributed by atoms with Gasteiger partial charge in [0.05, 0.1) is 31.4 Å². The van der Waals surface area contributed by atoms with Gasteiger partial charge in [0.1, 0.15) is 0 Å². The van der Waals surface area contributed by atoms with Gasteiger partial charge in [-0.15, -0.1) is 0 Å². The Kier molecular flexibility index (Phi) is 4.95. The molecular formula is C17H19N3O2. The highest BCUT2D eigenvalue weighted by Crippen LogP contribution is 2.23. The molecule has 0 fully saturated rings. The highest BCUT2D eigenvalue weighted by molar-refractivity contribution is 5.92. The Morgan fingerprint density at radius 3 is 2.82 bits per heavy atom. The van der Waals surface area contributed by atoms with Crippen molar-refractivity contribution >= 4 is 5.97 Å². The molecule has 0 aliphatic rings. The first-order valence-electron chi connectivity index (χ1n) is 7.16. The van der Waals surface area contributed by atoms with E-state index in [1.165, 1.54) is 7.11 Å².